The van der Waals surface area contributed by atoms with Crippen LogP contribution in [0.15, 0.2) is 18.2 Å². The van der Waals surface area contributed by atoms with Crippen molar-refractivity contribution in [1.29, 1.82) is 0 Å². The van der Waals surface area contributed by atoms with E-state index in [4.69, 9.17) is 33.7 Å². The number of ether oxygens (including phenoxy) is 1. The van der Waals surface area contributed by atoms with Crippen molar-refractivity contribution in [3.8, 4) is 0 Å². The van der Waals surface area contributed by atoms with Gasteiger partial charge in [-0.15, -0.1) is 0 Å². The van der Waals surface area contributed by atoms with E-state index in [-0.39, 0.29) is 6.04 Å². The van der Waals surface area contributed by atoms with Crippen LogP contribution in [-0.4, -0.2) is 37.2 Å². The number of nitrogens with two attached hydrogens (primary N) is 1. The highest BCUT2D eigenvalue weighted by Crippen LogP contribution is 2.30. The van der Waals surface area contributed by atoms with Crippen molar-refractivity contribution in [1.82, 2.24) is 4.90 Å². The van der Waals surface area contributed by atoms with E-state index >= 15 is 0 Å². The van der Waals surface area contributed by atoms with E-state index in [2.05, 4.69) is 11.8 Å². The lowest BCUT2D eigenvalue weighted by molar-refractivity contribution is 0.0738. The van der Waals surface area contributed by atoms with Gasteiger partial charge in [-0.2, -0.15) is 0 Å². The van der Waals surface area contributed by atoms with Gasteiger partial charge in [-0.1, -0.05) is 42.3 Å². The van der Waals surface area contributed by atoms with E-state index in [1.54, 1.807) is 6.07 Å². The molecule has 1 fully saturated rings. The molecule has 1 heterocycles. The number of hydrogen-bond acceptors (Lipinski definition) is 3. The number of halogens is 2. The fourth-order valence-electron chi connectivity index (χ4n) is 2.74. The van der Waals surface area contributed by atoms with Crippen molar-refractivity contribution >= 4 is 23.2 Å². The fourth-order valence-corrected chi connectivity index (χ4v) is 3.19. The fraction of sp³-hybridized carbons (Fsp3) is 0.625. The van der Waals surface area contributed by atoms with Gasteiger partial charge in [0.2, 0.25) is 0 Å². The van der Waals surface area contributed by atoms with Crippen molar-refractivity contribution in [2.45, 2.75) is 38.3 Å². The molecule has 0 amide bonds. The molecule has 0 saturated carbocycles. The van der Waals surface area contributed by atoms with E-state index < -0.39 is 0 Å². The van der Waals surface area contributed by atoms with E-state index in [0.29, 0.717) is 16.1 Å². The van der Waals surface area contributed by atoms with Crippen molar-refractivity contribution in [2.24, 2.45) is 5.73 Å². The number of likely N-dealkylation sites (N-methyl/N-ethyl adjacent to an activating group) is 1. The van der Waals surface area contributed by atoms with E-state index in [1.165, 1.54) is 12.8 Å². The van der Waals surface area contributed by atoms with Crippen molar-refractivity contribution in [3.63, 3.8) is 0 Å². The van der Waals surface area contributed by atoms with Gasteiger partial charge in [0, 0.05) is 25.7 Å². The minimum absolute atomic E-state index is 0.0882. The third-order valence-electron chi connectivity index (χ3n) is 4.07. The number of benzene rings is 1. The molecule has 21 heavy (non-hydrogen) atoms. The molecule has 1 aliphatic rings. The highest BCUT2D eigenvalue weighted by atomic mass is 35.5. The van der Waals surface area contributed by atoms with Gasteiger partial charge >= 0.3 is 0 Å². The number of hydrogen-bond donors (Lipinski definition) is 1. The number of nitrogens with zero attached hydrogens (tertiary/aromatic N) is 1. The predicted octanol–water partition coefficient (Wildman–Crippen LogP) is 3.88. The molecule has 0 radical (unpaired) electrons. The Bertz CT molecular complexity index is 450. The quantitative estimate of drug-likeness (QED) is 0.824. The van der Waals surface area contributed by atoms with Gasteiger partial charge in [-0.05, 0) is 37.4 Å². The van der Waals surface area contributed by atoms with Crippen LogP contribution in [0.2, 0.25) is 10.0 Å². The lowest BCUT2D eigenvalue weighted by Gasteiger charge is -2.25. The van der Waals surface area contributed by atoms with Gasteiger partial charge in [0.25, 0.3) is 0 Å². The summed E-state index contributed by atoms with van der Waals surface area (Å²) in [6.45, 7) is 6.02. The smallest absolute Gasteiger partial charge is 0.0702 e. The maximum atomic E-state index is 6.27. The molecule has 1 aliphatic heterocycles. The highest BCUT2D eigenvalue weighted by Gasteiger charge is 2.19. The molecule has 2 atom stereocenters. The second-order valence-electron chi connectivity index (χ2n) is 5.57. The van der Waals surface area contributed by atoms with Gasteiger partial charge in [0.05, 0.1) is 16.1 Å². The lowest BCUT2D eigenvalue weighted by atomic mass is 10.0. The second-order valence-corrected chi connectivity index (χ2v) is 6.35. The Kier molecular flexibility index (Phi) is 6.77. The van der Waals surface area contributed by atoms with Gasteiger partial charge in [0.1, 0.15) is 0 Å². The Labute approximate surface area is 137 Å². The van der Waals surface area contributed by atoms with Crippen LogP contribution in [-0.2, 0) is 4.74 Å². The van der Waals surface area contributed by atoms with Gasteiger partial charge in [-0.25, -0.2) is 0 Å². The summed E-state index contributed by atoms with van der Waals surface area (Å²) in [5.74, 6) is 0. The zero-order chi connectivity index (χ0) is 15.2. The average molecular weight is 331 g/mol. The third kappa shape index (κ3) is 4.83. The molecule has 3 nitrogen and oxygen atoms in total. The zero-order valence-electron chi connectivity index (χ0n) is 12.5. The first-order chi connectivity index (χ1) is 10.1. The Morgan fingerprint density at radius 1 is 1.43 bits per heavy atom. The molecular weight excluding hydrogens is 307 g/mol. The number of rotatable bonds is 7. The van der Waals surface area contributed by atoms with Crippen LogP contribution in [0, 0.1) is 0 Å². The molecule has 1 aromatic carbocycles. The minimum atomic E-state index is -0.0882. The average Bonchev–Trinajstić information content (AvgIpc) is 2.99. The summed E-state index contributed by atoms with van der Waals surface area (Å²) in [7, 11) is 0. The first-order valence-electron chi connectivity index (χ1n) is 7.65. The van der Waals surface area contributed by atoms with Crippen LogP contribution in [0.25, 0.3) is 0 Å². The molecule has 0 spiro atoms. The maximum absolute atomic E-state index is 6.27. The van der Waals surface area contributed by atoms with Crippen LogP contribution < -0.4 is 5.73 Å². The Balaban J connectivity index is 1.86. The van der Waals surface area contributed by atoms with Gasteiger partial charge in [0.15, 0.2) is 0 Å². The molecule has 0 aromatic heterocycles. The third-order valence-corrected chi connectivity index (χ3v) is 4.90. The summed E-state index contributed by atoms with van der Waals surface area (Å²) in [5, 5.41) is 1.14. The summed E-state index contributed by atoms with van der Waals surface area (Å²) in [4.78, 5) is 2.40. The molecule has 0 aliphatic carbocycles. The van der Waals surface area contributed by atoms with Gasteiger partial charge in [-0.3, -0.25) is 0 Å². The summed E-state index contributed by atoms with van der Waals surface area (Å²) in [6.07, 6.45) is 3.60. The monoisotopic (exact) mass is 330 g/mol. The molecule has 118 valence electrons. The highest BCUT2D eigenvalue weighted by molar-refractivity contribution is 6.42. The van der Waals surface area contributed by atoms with Crippen molar-refractivity contribution in [2.75, 3.05) is 26.2 Å². The molecule has 5 heteroatoms. The summed E-state index contributed by atoms with van der Waals surface area (Å²) in [5.41, 5.74) is 7.20. The molecule has 2 N–H and O–H groups in total. The molecule has 0 bridgehead atoms. The summed E-state index contributed by atoms with van der Waals surface area (Å²) >= 11 is 12.3. The van der Waals surface area contributed by atoms with Crippen LogP contribution in [0.5, 0.6) is 0 Å². The van der Waals surface area contributed by atoms with Crippen molar-refractivity contribution in [3.05, 3.63) is 33.8 Å². The first kappa shape index (κ1) is 17.0. The zero-order valence-corrected chi connectivity index (χ0v) is 14.0. The van der Waals surface area contributed by atoms with E-state index in [1.807, 2.05) is 12.1 Å². The van der Waals surface area contributed by atoms with Crippen LogP contribution >= 0.6 is 23.2 Å². The van der Waals surface area contributed by atoms with E-state index in [0.717, 1.165) is 38.2 Å². The van der Waals surface area contributed by atoms with Crippen LogP contribution in [0.3, 0.4) is 0 Å². The van der Waals surface area contributed by atoms with Gasteiger partial charge < -0.3 is 15.4 Å². The van der Waals surface area contributed by atoms with Crippen LogP contribution in [0.4, 0.5) is 0 Å². The topological polar surface area (TPSA) is 38.5 Å². The second kappa shape index (κ2) is 8.35. The molecule has 1 aromatic rings. The lowest BCUT2D eigenvalue weighted by Crippen LogP contribution is -2.34. The van der Waals surface area contributed by atoms with Crippen LogP contribution in [0.1, 0.15) is 37.8 Å². The largest absolute Gasteiger partial charge is 0.377 e. The molecule has 2 rings (SSSR count). The van der Waals surface area contributed by atoms with E-state index in [9.17, 15) is 0 Å². The first-order valence-corrected chi connectivity index (χ1v) is 8.40. The normalized spacial score (nSPS) is 20.1. The Hall–Kier alpha value is -0.320. The summed E-state index contributed by atoms with van der Waals surface area (Å²) < 4.78 is 5.70. The minimum Gasteiger partial charge on any atom is -0.377 e. The predicted molar refractivity (Wildman–Crippen MR) is 89.1 cm³/mol. The molecule has 1 saturated heterocycles. The van der Waals surface area contributed by atoms with Crippen molar-refractivity contribution < 1.29 is 4.74 Å². The SMILES string of the molecule is CCN(CCC(N)c1cccc(Cl)c1Cl)CC1CCCO1. The molecular formula is C16H24Cl2N2O. The molecule has 2 unspecified atom stereocenters. The Morgan fingerprint density at radius 3 is 2.90 bits per heavy atom. The standard InChI is InChI=1S/C16H24Cl2N2O/c1-2-20(11-12-5-4-10-21-12)9-8-15(19)13-6-3-7-14(17)16(13)18/h3,6-7,12,15H,2,4-5,8-11,19H2,1H3. The Morgan fingerprint density at radius 2 is 2.24 bits per heavy atom. The maximum Gasteiger partial charge on any atom is 0.0702 e. The summed E-state index contributed by atoms with van der Waals surface area (Å²) in [6, 6.07) is 5.55.